The molecule has 2 rings (SSSR count). The smallest absolute Gasteiger partial charge is 0.244 e. The van der Waals surface area contributed by atoms with Gasteiger partial charge in [-0.15, -0.1) is 0 Å². The van der Waals surface area contributed by atoms with E-state index in [9.17, 15) is 18.0 Å². The third-order valence-electron chi connectivity index (χ3n) is 5.54. The molecule has 2 atom stereocenters. The first kappa shape index (κ1) is 28.7. The van der Waals surface area contributed by atoms with Gasteiger partial charge in [0.2, 0.25) is 21.8 Å². The van der Waals surface area contributed by atoms with E-state index >= 15 is 0 Å². The van der Waals surface area contributed by atoms with Gasteiger partial charge in [-0.05, 0) is 56.2 Å². The minimum absolute atomic E-state index is 0.0774. The van der Waals surface area contributed by atoms with Crippen LogP contribution in [0.1, 0.15) is 32.8 Å². The summed E-state index contributed by atoms with van der Waals surface area (Å²) in [6, 6.07) is 10.4. The first-order valence-electron chi connectivity index (χ1n) is 11.0. The summed E-state index contributed by atoms with van der Waals surface area (Å²) in [5.74, 6) is -0.515. The molecule has 192 valence electrons. The summed E-state index contributed by atoms with van der Waals surface area (Å²) in [7, 11) is -2.42. The molecule has 0 aromatic heterocycles. The molecule has 2 amide bonds. The minimum atomic E-state index is -3.86. The lowest BCUT2D eigenvalue weighted by Gasteiger charge is -2.32. The predicted molar refractivity (Wildman–Crippen MR) is 140 cm³/mol. The van der Waals surface area contributed by atoms with Crippen LogP contribution in [0.15, 0.2) is 42.5 Å². The van der Waals surface area contributed by atoms with Crippen LogP contribution in [0, 0.1) is 0 Å². The van der Waals surface area contributed by atoms with Crippen LogP contribution in [0.3, 0.4) is 0 Å². The largest absolute Gasteiger partial charge is 0.495 e. The lowest BCUT2D eigenvalue weighted by Crippen LogP contribution is -2.52. The quantitative estimate of drug-likeness (QED) is 0.460. The summed E-state index contributed by atoms with van der Waals surface area (Å²) in [6.07, 6.45) is 1.73. The standard InChI is InChI=1S/C24H31Cl2N3O5S/c1-6-16(2)27-24(31)17(3)28(14-18-7-9-19(25)10-8-18)23(30)15-29(35(5,32)33)20-11-12-22(34-4)21(26)13-20/h7-13,16-17H,6,14-15H2,1-5H3,(H,27,31)/t16-,17-/m1/s1. The maximum atomic E-state index is 13.5. The number of anilines is 1. The van der Waals surface area contributed by atoms with Crippen molar-refractivity contribution in [1.29, 1.82) is 0 Å². The number of hydrogen-bond acceptors (Lipinski definition) is 5. The highest BCUT2D eigenvalue weighted by Crippen LogP contribution is 2.30. The highest BCUT2D eigenvalue weighted by atomic mass is 35.5. The van der Waals surface area contributed by atoms with Gasteiger partial charge in [0, 0.05) is 17.6 Å². The molecule has 8 nitrogen and oxygen atoms in total. The van der Waals surface area contributed by atoms with Crippen molar-refractivity contribution in [3.63, 3.8) is 0 Å². The lowest BCUT2D eigenvalue weighted by atomic mass is 10.1. The average molecular weight is 545 g/mol. The number of hydrogen-bond donors (Lipinski definition) is 1. The van der Waals surface area contributed by atoms with Gasteiger partial charge in [0.1, 0.15) is 18.3 Å². The topological polar surface area (TPSA) is 96.0 Å². The maximum Gasteiger partial charge on any atom is 0.244 e. The molecule has 0 radical (unpaired) electrons. The number of halogens is 2. The number of ether oxygens (including phenoxy) is 1. The van der Waals surface area contributed by atoms with Crippen LogP contribution in [0.4, 0.5) is 5.69 Å². The van der Waals surface area contributed by atoms with Gasteiger partial charge in [0.05, 0.1) is 24.1 Å². The zero-order valence-corrected chi connectivity index (χ0v) is 22.7. The number of rotatable bonds is 11. The molecule has 0 bridgehead atoms. The Labute approximate surface area is 217 Å². The second-order valence-electron chi connectivity index (χ2n) is 8.23. The Morgan fingerprint density at radius 2 is 1.71 bits per heavy atom. The van der Waals surface area contributed by atoms with E-state index in [1.165, 1.54) is 30.2 Å². The van der Waals surface area contributed by atoms with Gasteiger partial charge in [-0.25, -0.2) is 8.42 Å². The summed E-state index contributed by atoms with van der Waals surface area (Å²) < 4.78 is 31.3. The van der Waals surface area contributed by atoms with Crippen LogP contribution < -0.4 is 14.4 Å². The van der Waals surface area contributed by atoms with Gasteiger partial charge in [0.25, 0.3) is 0 Å². The second-order valence-corrected chi connectivity index (χ2v) is 11.0. The van der Waals surface area contributed by atoms with E-state index in [2.05, 4.69) is 5.32 Å². The molecule has 0 aliphatic rings. The first-order chi connectivity index (χ1) is 16.4. The summed E-state index contributed by atoms with van der Waals surface area (Å²) in [5.41, 5.74) is 0.944. The number of methoxy groups -OCH3 is 1. The van der Waals surface area contributed by atoms with Gasteiger partial charge < -0.3 is 15.0 Å². The van der Waals surface area contributed by atoms with Crippen LogP contribution in [-0.2, 0) is 26.2 Å². The van der Waals surface area contributed by atoms with Crippen molar-refractivity contribution in [3.8, 4) is 5.75 Å². The van der Waals surface area contributed by atoms with Crippen LogP contribution in [0.25, 0.3) is 0 Å². The Kier molecular flexibility index (Phi) is 10.2. The molecule has 0 spiro atoms. The number of carbonyl (C=O) groups is 2. The molecule has 0 unspecified atom stereocenters. The van der Waals surface area contributed by atoms with E-state index in [0.717, 1.165) is 22.5 Å². The lowest BCUT2D eigenvalue weighted by molar-refractivity contribution is -0.139. The highest BCUT2D eigenvalue weighted by Gasteiger charge is 2.30. The minimum Gasteiger partial charge on any atom is -0.495 e. The fourth-order valence-corrected chi connectivity index (χ4v) is 4.48. The van der Waals surface area contributed by atoms with Crippen molar-refractivity contribution in [2.45, 2.75) is 45.8 Å². The number of amides is 2. The van der Waals surface area contributed by atoms with Gasteiger partial charge in [0.15, 0.2) is 0 Å². The van der Waals surface area contributed by atoms with E-state index in [1.807, 2.05) is 13.8 Å². The molecule has 11 heteroatoms. The normalized spacial score (nSPS) is 13.0. The van der Waals surface area contributed by atoms with E-state index < -0.39 is 28.5 Å². The Morgan fingerprint density at radius 3 is 2.23 bits per heavy atom. The van der Waals surface area contributed by atoms with E-state index in [4.69, 9.17) is 27.9 Å². The number of benzene rings is 2. The SMILES string of the molecule is CC[C@@H](C)NC(=O)[C@@H](C)N(Cc1ccc(Cl)cc1)C(=O)CN(c1ccc(OC)c(Cl)c1)S(C)(=O)=O. The monoisotopic (exact) mass is 543 g/mol. The van der Waals surface area contributed by atoms with Crippen molar-refractivity contribution in [1.82, 2.24) is 10.2 Å². The van der Waals surface area contributed by atoms with Crippen LogP contribution in [-0.4, -0.2) is 57.1 Å². The van der Waals surface area contributed by atoms with Gasteiger partial charge in [-0.2, -0.15) is 0 Å². The zero-order valence-electron chi connectivity index (χ0n) is 20.4. The third kappa shape index (κ3) is 8.02. The van der Waals surface area contributed by atoms with Crippen LogP contribution >= 0.6 is 23.2 Å². The van der Waals surface area contributed by atoms with Crippen molar-refractivity contribution >= 4 is 50.7 Å². The highest BCUT2D eigenvalue weighted by molar-refractivity contribution is 7.92. The van der Waals surface area contributed by atoms with E-state index in [0.29, 0.717) is 10.8 Å². The molecule has 0 aliphatic heterocycles. The van der Waals surface area contributed by atoms with Crippen LogP contribution in [0.5, 0.6) is 5.75 Å². The van der Waals surface area contributed by atoms with Gasteiger partial charge >= 0.3 is 0 Å². The third-order valence-corrected chi connectivity index (χ3v) is 7.22. The van der Waals surface area contributed by atoms with E-state index in [1.54, 1.807) is 31.2 Å². The Balaban J connectivity index is 2.40. The molecule has 2 aromatic rings. The molecular formula is C24H31Cl2N3O5S. The molecule has 35 heavy (non-hydrogen) atoms. The summed E-state index contributed by atoms with van der Waals surface area (Å²) in [6.45, 7) is 4.99. The Morgan fingerprint density at radius 1 is 1.09 bits per heavy atom. The summed E-state index contributed by atoms with van der Waals surface area (Å²) in [4.78, 5) is 27.7. The number of carbonyl (C=O) groups excluding carboxylic acids is 2. The fraction of sp³-hybridized carbons (Fsp3) is 0.417. The zero-order chi connectivity index (χ0) is 26.3. The van der Waals surface area contributed by atoms with E-state index in [-0.39, 0.29) is 29.2 Å². The average Bonchev–Trinajstić information content (AvgIpc) is 2.80. The van der Waals surface area contributed by atoms with Crippen molar-refractivity contribution < 1.29 is 22.7 Å². The Hall–Kier alpha value is -2.49. The molecule has 0 saturated heterocycles. The second kappa shape index (κ2) is 12.5. The number of nitrogens with one attached hydrogen (secondary N) is 1. The fourth-order valence-electron chi connectivity index (χ4n) is 3.26. The molecule has 2 aromatic carbocycles. The van der Waals surface area contributed by atoms with Crippen molar-refractivity contribution in [2.75, 3.05) is 24.2 Å². The molecule has 0 fully saturated rings. The van der Waals surface area contributed by atoms with Crippen LogP contribution in [0.2, 0.25) is 10.0 Å². The molecule has 0 saturated carbocycles. The van der Waals surface area contributed by atoms with Crippen molar-refractivity contribution in [3.05, 3.63) is 58.1 Å². The van der Waals surface area contributed by atoms with Gasteiger partial charge in [-0.3, -0.25) is 13.9 Å². The first-order valence-corrected chi connectivity index (χ1v) is 13.6. The maximum absolute atomic E-state index is 13.5. The van der Waals surface area contributed by atoms with Gasteiger partial charge in [-0.1, -0.05) is 42.3 Å². The molecule has 1 N–H and O–H groups in total. The molecule has 0 heterocycles. The molecule has 0 aliphatic carbocycles. The summed E-state index contributed by atoms with van der Waals surface area (Å²) in [5, 5.41) is 3.61. The van der Waals surface area contributed by atoms with Crippen molar-refractivity contribution in [2.24, 2.45) is 0 Å². The summed E-state index contributed by atoms with van der Waals surface area (Å²) >= 11 is 12.2. The Bertz CT molecular complexity index is 1140. The number of sulfonamides is 1. The predicted octanol–water partition coefficient (Wildman–Crippen LogP) is 4.10. The number of nitrogens with zero attached hydrogens (tertiary/aromatic N) is 2. The molecular weight excluding hydrogens is 513 g/mol.